The molecule has 1 aromatic carbocycles. The lowest BCUT2D eigenvalue weighted by Gasteiger charge is -2.38. The molecular weight excluding hydrogens is 246 g/mol. The Hall–Kier alpha value is -1.02. The number of hydrogen-bond acceptors (Lipinski definition) is 2. The van der Waals surface area contributed by atoms with Crippen molar-refractivity contribution in [3.05, 3.63) is 29.3 Å². The van der Waals surface area contributed by atoms with Crippen molar-refractivity contribution in [1.29, 1.82) is 0 Å². The highest BCUT2D eigenvalue weighted by Crippen LogP contribution is 2.41. The van der Waals surface area contributed by atoms with E-state index in [0.29, 0.717) is 5.41 Å². The molecule has 1 N–H and O–H groups in total. The summed E-state index contributed by atoms with van der Waals surface area (Å²) in [6.07, 6.45) is 9.50. The number of rotatable bonds is 5. The van der Waals surface area contributed by atoms with Crippen molar-refractivity contribution in [2.45, 2.75) is 63.3 Å². The molecule has 2 saturated carbocycles. The minimum absolute atomic E-state index is 0.335. The van der Waals surface area contributed by atoms with Crippen molar-refractivity contribution in [1.82, 2.24) is 5.32 Å². The van der Waals surface area contributed by atoms with E-state index in [1.54, 1.807) is 7.11 Å². The Labute approximate surface area is 122 Å². The zero-order valence-corrected chi connectivity index (χ0v) is 12.9. The molecule has 0 saturated heterocycles. The first kappa shape index (κ1) is 13.9. The zero-order chi connectivity index (χ0) is 14.0. The highest BCUT2D eigenvalue weighted by atomic mass is 16.5. The molecule has 0 radical (unpaired) electrons. The summed E-state index contributed by atoms with van der Waals surface area (Å²) in [6, 6.07) is 7.63. The summed E-state index contributed by atoms with van der Waals surface area (Å²) in [6.45, 7) is 3.27. The second-order valence-electron chi connectivity index (χ2n) is 6.68. The lowest BCUT2D eigenvalue weighted by molar-refractivity contribution is 0.278. The molecule has 0 heterocycles. The van der Waals surface area contributed by atoms with Gasteiger partial charge >= 0.3 is 0 Å². The summed E-state index contributed by atoms with van der Waals surface area (Å²) < 4.78 is 5.54. The topological polar surface area (TPSA) is 21.3 Å². The predicted molar refractivity (Wildman–Crippen MR) is 83.5 cm³/mol. The Morgan fingerprint density at radius 1 is 1.20 bits per heavy atom. The molecule has 3 rings (SSSR count). The summed E-state index contributed by atoms with van der Waals surface area (Å²) in [5.41, 5.74) is 3.05. The maximum atomic E-state index is 5.54. The first-order valence-corrected chi connectivity index (χ1v) is 8.12. The summed E-state index contributed by atoms with van der Waals surface area (Å²) in [7, 11) is 1.78. The molecule has 0 aromatic heterocycles. The molecule has 0 amide bonds. The average Bonchev–Trinajstić information content (AvgIpc) is 3.31. The van der Waals surface area contributed by atoms with Gasteiger partial charge in [-0.1, -0.05) is 31.4 Å². The second-order valence-corrected chi connectivity index (χ2v) is 6.68. The van der Waals surface area contributed by atoms with Crippen LogP contribution in [0.5, 0.6) is 5.75 Å². The van der Waals surface area contributed by atoms with E-state index in [4.69, 9.17) is 4.74 Å². The Bertz CT molecular complexity index is 458. The van der Waals surface area contributed by atoms with Crippen LogP contribution in [0.15, 0.2) is 18.2 Å². The molecule has 2 aliphatic rings. The van der Waals surface area contributed by atoms with E-state index in [1.807, 2.05) is 0 Å². The van der Waals surface area contributed by atoms with Gasteiger partial charge in [0.05, 0.1) is 7.11 Å². The smallest absolute Gasteiger partial charge is 0.122 e. The van der Waals surface area contributed by atoms with Crippen LogP contribution in [0, 0.1) is 6.92 Å². The fourth-order valence-corrected chi connectivity index (χ4v) is 3.57. The third-order valence-electron chi connectivity index (χ3n) is 5.14. The minimum atomic E-state index is 0.335. The number of methoxy groups -OCH3 is 1. The van der Waals surface area contributed by atoms with Crippen LogP contribution in [0.3, 0.4) is 0 Å². The third kappa shape index (κ3) is 2.85. The Kier molecular flexibility index (Phi) is 4.02. The van der Waals surface area contributed by atoms with Crippen LogP contribution in [-0.4, -0.2) is 19.7 Å². The van der Waals surface area contributed by atoms with Gasteiger partial charge in [-0.2, -0.15) is 0 Å². The molecule has 0 unspecified atom stereocenters. The van der Waals surface area contributed by atoms with Gasteiger partial charge in [-0.3, -0.25) is 0 Å². The van der Waals surface area contributed by atoms with Crippen molar-refractivity contribution < 1.29 is 4.74 Å². The summed E-state index contributed by atoms with van der Waals surface area (Å²) in [5, 5.41) is 3.78. The lowest BCUT2D eigenvalue weighted by Crippen LogP contribution is -2.40. The maximum Gasteiger partial charge on any atom is 0.122 e. The molecule has 0 aliphatic heterocycles. The molecule has 2 fully saturated rings. The zero-order valence-electron chi connectivity index (χ0n) is 12.9. The quantitative estimate of drug-likeness (QED) is 0.877. The van der Waals surface area contributed by atoms with Gasteiger partial charge in [0.15, 0.2) is 0 Å². The molecule has 1 aromatic rings. The average molecular weight is 273 g/mol. The van der Waals surface area contributed by atoms with Gasteiger partial charge < -0.3 is 10.1 Å². The van der Waals surface area contributed by atoms with Crippen molar-refractivity contribution in [2.75, 3.05) is 13.7 Å². The standard InChI is InChI=1S/C18H27NO/c1-14-6-7-15(12-17(14)20-2)18(10-4-3-5-11-18)13-19-16-8-9-16/h6-7,12,16,19H,3-5,8-11,13H2,1-2H3. The molecule has 0 bridgehead atoms. The number of benzene rings is 1. The number of nitrogens with one attached hydrogen (secondary N) is 1. The fraction of sp³-hybridized carbons (Fsp3) is 0.667. The molecular formula is C18H27NO. The lowest BCUT2D eigenvalue weighted by atomic mass is 9.69. The summed E-state index contributed by atoms with van der Waals surface area (Å²) in [5.74, 6) is 1.04. The van der Waals surface area contributed by atoms with E-state index in [-0.39, 0.29) is 0 Å². The summed E-state index contributed by atoms with van der Waals surface area (Å²) >= 11 is 0. The highest BCUT2D eigenvalue weighted by Gasteiger charge is 2.35. The Balaban J connectivity index is 1.86. The van der Waals surface area contributed by atoms with Crippen molar-refractivity contribution in [2.24, 2.45) is 0 Å². The van der Waals surface area contributed by atoms with Gasteiger partial charge in [0.25, 0.3) is 0 Å². The Morgan fingerprint density at radius 3 is 2.60 bits per heavy atom. The van der Waals surface area contributed by atoms with E-state index < -0.39 is 0 Å². The molecule has 2 heteroatoms. The van der Waals surface area contributed by atoms with Crippen LogP contribution in [-0.2, 0) is 5.41 Å². The van der Waals surface area contributed by atoms with Crippen LogP contribution in [0.2, 0.25) is 0 Å². The minimum Gasteiger partial charge on any atom is -0.496 e. The van der Waals surface area contributed by atoms with E-state index in [2.05, 4.69) is 30.4 Å². The number of hydrogen-bond donors (Lipinski definition) is 1. The molecule has 0 atom stereocenters. The number of aryl methyl sites for hydroxylation is 1. The van der Waals surface area contributed by atoms with Gasteiger partial charge in [0, 0.05) is 18.0 Å². The first-order chi connectivity index (χ1) is 9.73. The summed E-state index contributed by atoms with van der Waals surface area (Å²) in [4.78, 5) is 0. The van der Waals surface area contributed by atoms with Crippen molar-refractivity contribution >= 4 is 0 Å². The van der Waals surface area contributed by atoms with Crippen LogP contribution in [0.1, 0.15) is 56.1 Å². The van der Waals surface area contributed by atoms with E-state index in [0.717, 1.165) is 18.3 Å². The third-order valence-corrected chi connectivity index (χ3v) is 5.14. The van der Waals surface area contributed by atoms with E-state index in [9.17, 15) is 0 Å². The van der Waals surface area contributed by atoms with Crippen LogP contribution < -0.4 is 10.1 Å². The van der Waals surface area contributed by atoms with Crippen molar-refractivity contribution in [3.63, 3.8) is 0 Å². The molecule has 2 aliphatic carbocycles. The molecule has 110 valence electrons. The largest absolute Gasteiger partial charge is 0.496 e. The van der Waals surface area contributed by atoms with Crippen molar-refractivity contribution in [3.8, 4) is 5.75 Å². The fourth-order valence-electron chi connectivity index (χ4n) is 3.57. The van der Waals surface area contributed by atoms with Gasteiger partial charge in [-0.25, -0.2) is 0 Å². The van der Waals surface area contributed by atoms with Gasteiger partial charge in [0.1, 0.15) is 5.75 Å². The predicted octanol–water partition coefficient (Wildman–Crippen LogP) is 3.96. The Morgan fingerprint density at radius 2 is 1.95 bits per heavy atom. The second kappa shape index (κ2) is 5.77. The van der Waals surface area contributed by atoms with Gasteiger partial charge in [-0.05, 0) is 49.8 Å². The van der Waals surface area contributed by atoms with Crippen LogP contribution in [0.25, 0.3) is 0 Å². The molecule has 0 spiro atoms. The highest BCUT2D eigenvalue weighted by molar-refractivity contribution is 5.40. The SMILES string of the molecule is COc1cc(C2(CNC3CC3)CCCCC2)ccc1C. The number of ether oxygens (including phenoxy) is 1. The van der Waals surface area contributed by atoms with Crippen LogP contribution in [0.4, 0.5) is 0 Å². The normalized spacial score (nSPS) is 21.7. The van der Waals surface area contributed by atoms with Gasteiger partial charge in [-0.15, -0.1) is 0 Å². The van der Waals surface area contributed by atoms with Crippen LogP contribution >= 0.6 is 0 Å². The maximum absolute atomic E-state index is 5.54. The first-order valence-electron chi connectivity index (χ1n) is 8.12. The molecule has 2 nitrogen and oxygen atoms in total. The van der Waals surface area contributed by atoms with E-state index in [1.165, 1.54) is 56.1 Å². The molecule has 20 heavy (non-hydrogen) atoms. The van der Waals surface area contributed by atoms with E-state index >= 15 is 0 Å². The van der Waals surface area contributed by atoms with Gasteiger partial charge in [0.2, 0.25) is 0 Å². The monoisotopic (exact) mass is 273 g/mol.